The Kier molecular flexibility index (Phi) is 32.9. The molecule has 2 saturated carbocycles. The Labute approximate surface area is 525 Å². The first-order chi connectivity index (χ1) is 43.5. The third-order valence-corrected chi connectivity index (χ3v) is 14.3. The van der Waals surface area contributed by atoms with Crippen LogP contribution in [0.3, 0.4) is 0 Å². The zero-order chi connectivity index (χ0) is 64.9. The second kappa shape index (κ2) is 41.0. The number of esters is 3. The van der Waals surface area contributed by atoms with Crippen molar-refractivity contribution in [2.45, 2.75) is 154 Å². The van der Waals surface area contributed by atoms with Gasteiger partial charge >= 0.3 is 23.9 Å². The minimum Gasteiger partial charge on any atom is -0.493 e. The summed E-state index contributed by atoms with van der Waals surface area (Å²) in [7, 11) is 1.38. The molecule has 494 valence electrons. The lowest BCUT2D eigenvalue weighted by Crippen LogP contribution is -2.55. The fraction of sp³-hybridized carbons (Fsp3) is 0.571. The summed E-state index contributed by atoms with van der Waals surface area (Å²) >= 11 is 0. The van der Waals surface area contributed by atoms with E-state index in [2.05, 4.69) is 47.2 Å². The van der Waals surface area contributed by atoms with Gasteiger partial charge in [0.2, 0.25) is 30.0 Å². The molecule has 6 amide bonds. The third kappa shape index (κ3) is 27.5. The highest BCUT2D eigenvalue weighted by atomic mass is 16.6. The third-order valence-electron chi connectivity index (χ3n) is 14.3. The van der Waals surface area contributed by atoms with Gasteiger partial charge in [-0.15, -0.1) is 0 Å². The first kappa shape index (κ1) is 72.3. The summed E-state index contributed by atoms with van der Waals surface area (Å²) in [5.74, 6) is -3.99. The quantitative estimate of drug-likeness (QED) is 0.0121. The molecule has 3 aromatic rings. The van der Waals surface area contributed by atoms with Gasteiger partial charge in [-0.25, -0.2) is 4.79 Å². The van der Waals surface area contributed by atoms with E-state index in [-0.39, 0.29) is 78.7 Å². The minimum absolute atomic E-state index is 0.0312. The Morgan fingerprint density at radius 1 is 0.700 bits per heavy atom. The summed E-state index contributed by atoms with van der Waals surface area (Å²) in [5, 5.41) is 19.1. The molecule has 2 fully saturated rings. The van der Waals surface area contributed by atoms with Gasteiger partial charge in [0.25, 0.3) is 5.91 Å². The fourth-order valence-corrected chi connectivity index (χ4v) is 9.32. The van der Waals surface area contributed by atoms with Gasteiger partial charge in [0.05, 0.1) is 53.1 Å². The van der Waals surface area contributed by atoms with E-state index >= 15 is 0 Å². The molecule has 0 bridgehead atoms. The maximum atomic E-state index is 13.6. The van der Waals surface area contributed by atoms with Gasteiger partial charge < -0.3 is 80.8 Å². The maximum absolute atomic E-state index is 13.6. The first-order valence-electron chi connectivity index (χ1n) is 31.0. The van der Waals surface area contributed by atoms with E-state index in [1.165, 1.54) is 31.4 Å². The molecule has 1 heterocycles. The van der Waals surface area contributed by atoms with Crippen LogP contribution in [0.4, 0.5) is 17.3 Å². The van der Waals surface area contributed by atoms with Crippen LogP contribution in [0.15, 0.2) is 48.5 Å². The molecule has 9 N–H and O–H groups in total. The number of ether oxygens (including phenoxy) is 8. The van der Waals surface area contributed by atoms with E-state index < -0.39 is 60.2 Å². The number of hydrogen-bond donors (Lipinski definition) is 8. The van der Waals surface area contributed by atoms with E-state index in [9.17, 15) is 43.2 Å². The maximum Gasteiger partial charge on any atom is 0.328 e. The lowest BCUT2D eigenvalue weighted by molar-refractivity contribution is -0.154. The van der Waals surface area contributed by atoms with Crippen LogP contribution in [0.2, 0.25) is 0 Å². The molecule has 27 nitrogen and oxygen atoms in total. The number of aromatic nitrogens is 2. The van der Waals surface area contributed by atoms with Crippen LogP contribution in [0.1, 0.15) is 145 Å². The molecule has 90 heavy (non-hydrogen) atoms. The average molecular weight is 1260 g/mol. The standard InChI is InChI=1S/C63H90N10O17/c1-5-6-33-87-63-72-58(64)57(69-41-74)59(73-63)68-39-44-17-21-45(22-18-44)60(80)66-30-12-32-85-35-37-86-36-34-84-31-11-29-65-51(75)26-28-55(79)90-49-24-19-43(38-50(49)83-4)20-25-52(76)67-40-53(77)71-56(42(2)3)61(81)70-48(62(82)89-47-15-9-10-16-47)23-27-54(78)88-46-13-7-8-14-46/h17-22,24-25,38,41-42,46-48,56H,5-16,23,26-37,39-40H2,1-4H3,(H,65,75)(H,66,80)(H,67,76)(H,69,74)(H,70,81)(H,71,77)(H3,64,68,72,73)/b25-20+/t48-,56+/m1/s1. The van der Waals surface area contributed by atoms with Gasteiger partial charge in [-0.05, 0) is 124 Å². The summed E-state index contributed by atoms with van der Waals surface area (Å²) in [6, 6.07) is 9.52. The van der Waals surface area contributed by atoms with E-state index in [0.29, 0.717) is 102 Å². The second-order valence-corrected chi connectivity index (χ2v) is 21.8. The predicted octanol–water partition coefficient (Wildman–Crippen LogP) is 5.00. The summed E-state index contributed by atoms with van der Waals surface area (Å²) < 4.78 is 44.4. The van der Waals surface area contributed by atoms with Gasteiger partial charge in [0, 0.05) is 57.3 Å². The molecule has 0 radical (unpaired) electrons. The highest BCUT2D eigenvalue weighted by molar-refractivity contribution is 5.96. The summed E-state index contributed by atoms with van der Waals surface area (Å²) in [4.78, 5) is 123. The lowest BCUT2D eigenvalue weighted by atomic mass is 10.0. The second-order valence-electron chi connectivity index (χ2n) is 21.8. The molecule has 0 unspecified atom stereocenters. The van der Waals surface area contributed by atoms with Gasteiger partial charge in [-0.2, -0.15) is 9.97 Å². The smallest absolute Gasteiger partial charge is 0.328 e. The number of anilines is 3. The van der Waals surface area contributed by atoms with Crippen LogP contribution in [-0.2, 0) is 68.6 Å². The lowest BCUT2D eigenvalue weighted by Gasteiger charge is -2.25. The molecule has 0 saturated heterocycles. The number of carbonyl (C=O) groups excluding carboxylic acids is 9. The topological polar surface area (TPSA) is 363 Å². The Morgan fingerprint density at radius 2 is 1.36 bits per heavy atom. The number of nitrogens with one attached hydrogen (secondary N) is 7. The van der Waals surface area contributed by atoms with Crippen molar-refractivity contribution in [2.24, 2.45) is 5.92 Å². The molecule has 0 spiro atoms. The number of nitrogen functional groups attached to an aromatic ring is 1. The monoisotopic (exact) mass is 1260 g/mol. The molecule has 5 rings (SSSR count). The Bertz CT molecular complexity index is 2810. The number of benzene rings is 2. The minimum atomic E-state index is -1.14. The van der Waals surface area contributed by atoms with Crippen molar-refractivity contribution in [3.63, 3.8) is 0 Å². The summed E-state index contributed by atoms with van der Waals surface area (Å²) in [5.41, 5.74) is 8.12. The van der Waals surface area contributed by atoms with Crippen molar-refractivity contribution < 1.29 is 81.0 Å². The molecule has 2 aliphatic rings. The van der Waals surface area contributed by atoms with Crippen molar-refractivity contribution >= 4 is 77.3 Å². The molecular weight excluding hydrogens is 1170 g/mol. The number of methoxy groups -OCH3 is 1. The molecule has 0 aliphatic heterocycles. The van der Waals surface area contributed by atoms with E-state index in [1.54, 1.807) is 32.0 Å². The van der Waals surface area contributed by atoms with E-state index in [1.807, 2.05) is 19.1 Å². The van der Waals surface area contributed by atoms with Crippen LogP contribution in [0.25, 0.3) is 6.08 Å². The number of hydrogen-bond acceptors (Lipinski definition) is 21. The highest BCUT2D eigenvalue weighted by Gasteiger charge is 2.32. The SMILES string of the molecule is CCCCOc1nc(N)c(NC=O)c(NCc2ccc(C(=O)NCCCOCCOCCOCCCNC(=O)CCC(=O)Oc3ccc(/C=C/C(=O)NCC(=O)N[C@H](C(=O)N[C@H](CCC(=O)OC4CCCC4)C(=O)OC4CCCC4)C(C)C)cc3OC)cc2)n1. The number of nitrogens with two attached hydrogens (primary N) is 1. The number of unbranched alkanes of at least 4 members (excludes halogenated alkanes) is 1. The Balaban J connectivity index is 0.869. The molecular formula is C63H90N10O17. The normalized spacial score (nSPS) is 13.8. The zero-order valence-corrected chi connectivity index (χ0v) is 52.2. The van der Waals surface area contributed by atoms with Gasteiger partial charge in [-0.3, -0.25) is 38.4 Å². The van der Waals surface area contributed by atoms with Crippen molar-refractivity contribution in [1.82, 2.24) is 36.6 Å². The number of nitrogens with zero attached hydrogens (tertiary/aromatic N) is 2. The summed E-state index contributed by atoms with van der Waals surface area (Å²) in [6.07, 6.45) is 12.1. The van der Waals surface area contributed by atoms with Gasteiger partial charge in [-0.1, -0.05) is 45.4 Å². The van der Waals surface area contributed by atoms with Crippen molar-refractivity contribution in [3.05, 3.63) is 65.2 Å². The van der Waals surface area contributed by atoms with Crippen LogP contribution in [-0.4, -0.2) is 161 Å². The highest BCUT2D eigenvalue weighted by Crippen LogP contribution is 2.30. The average Bonchev–Trinajstić information content (AvgIpc) is 2.44. The number of amides is 6. The molecule has 27 heteroatoms. The van der Waals surface area contributed by atoms with Crippen molar-refractivity contribution in [3.8, 4) is 17.5 Å². The number of carbonyl (C=O) groups is 9. The Morgan fingerprint density at radius 3 is 2.00 bits per heavy atom. The van der Waals surface area contributed by atoms with Gasteiger partial charge in [0.15, 0.2) is 23.1 Å². The van der Waals surface area contributed by atoms with Crippen LogP contribution >= 0.6 is 0 Å². The first-order valence-corrected chi connectivity index (χ1v) is 31.0. The van der Waals surface area contributed by atoms with E-state index in [0.717, 1.165) is 69.8 Å². The molecule has 1 aromatic heterocycles. The van der Waals surface area contributed by atoms with Gasteiger partial charge in [0.1, 0.15) is 30.0 Å². The van der Waals surface area contributed by atoms with Crippen LogP contribution in [0, 0.1) is 5.92 Å². The van der Waals surface area contributed by atoms with Crippen LogP contribution < -0.4 is 57.2 Å². The van der Waals surface area contributed by atoms with E-state index in [4.69, 9.17) is 43.6 Å². The van der Waals surface area contributed by atoms with Crippen molar-refractivity contribution in [2.75, 3.05) is 89.4 Å². The number of rotatable bonds is 43. The summed E-state index contributed by atoms with van der Waals surface area (Å²) in [6.45, 7) is 8.79. The van der Waals surface area contributed by atoms with Crippen molar-refractivity contribution in [1.29, 1.82) is 0 Å². The largest absolute Gasteiger partial charge is 0.493 e. The molecule has 2 atom stereocenters. The predicted molar refractivity (Wildman–Crippen MR) is 332 cm³/mol. The molecule has 2 aromatic carbocycles. The van der Waals surface area contributed by atoms with Crippen LogP contribution in [0.5, 0.6) is 17.5 Å². The zero-order valence-electron chi connectivity index (χ0n) is 52.2. The fourth-order valence-electron chi connectivity index (χ4n) is 9.32. The Hall–Kier alpha value is -8.43. The molecule has 2 aliphatic carbocycles.